The van der Waals surface area contributed by atoms with Crippen LogP contribution in [-0.2, 0) is 0 Å². The number of methoxy groups -OCH3 is 1. The highest BCUT2D eigenvalue weighted by Crippen LogP contribution is 2.24. The van der Waals surface area contributed by atoms with Gasteiger partial charge in [0.15, 0.2) is 0 Å². The van der Waals surface area contributed by atoms with Crippen LogP contribution in [-0.4, -0.2) is 37.6 Å². The van der Waals surface area contributed by atoms with Crippen LogP contribution in [0.1, 0.15) is 36.9 Å². The summed E-state index contributed by atoms with van der Waals surface area (Å²) in [6.07, 6.45) is 0.939. The van der Waals surface area contributed by atoms with Gasteiger partial charge in [-0.05, 0) is 18.4 Å². The molecule has 0 atom stereocenters. The number of amides is 1. The van der Waals surface area contributed by atoms with Gasteiger partial charge in [0.25, 0.3) is 5.91 Å². The van der Waals surface area contributed by atoms with Gasteiger partial charge in [0.2, 0.25) is 0 Å². The topological polar surface area (TPSA) is 55.6 Å². The van der Waals surface area contributed by atoms with Gasteiger partial charge < -0.3 is 15.4 Å². The maximum absolute atomic E-state index is 12.5. The zero-order valence-corrected chi connectivity index (χ0v) is 13.0. The molecule has 0 aromatic carbocycles. The summed E-state index contributed by atoms with van der Waals surface area (Å²) in [6.45, 7) is 8.23. The second kappa shape index (κ2) is 6.91. The lowest BCUT2D eigenvalue weighted by atomic mass is 9.93. The number of hydrogen-bond acceptors (Lipinski definition) is 4. The molecule has 0 aliphatic rings. The molecule has 1 aromatic heterocycles. The minimum Gasteiger partial charge on any atom is -0.496 e. The van der Waals surface area contributed by atoms with Gasteiger partial charge in [-0.3, -0.25) is 4.79 Å². The van der Waals surface area contributed by atoms with E-state index in [2.05, 4.69) is 20.8 Å². The van der Waals surface area contributed by atoms with E-state index in [1.54, 1.807) is 13.2 Å². The van der Waals surface area contributed by atoms with Crippen molar-refractivity contribution in [2.45, 2.75) is 27.2 Å². The van der Waals surface area contributed by atoms with Crippen molar-refractivity contribution in [2.75, 3.05) is 26.7 Å². The summed E-state index contributed by atoms with van der Waals surface area (Å²) in [5.41, 5.74) is 5.70. The Bertz CT molecular complexity index is 415. The van der Waals surface area contributed by atoms with Gasteiger partial charge in [0.1, 0.15) is 5.75 Å². The van der Waals surface area contributed by atoms with Crippen LogP contribution < -0.4 is 10.5 Å². The fourth-order valence-electron chi connectivity index (χ4n) is 1.80. The first-order valence-corrected chi connectivity index (χ1v) is 7.43. The third-order valence-corrected chi connectivity index (χ3v) is 3.87. The van der Waals surface area contributed by atoms with Crippen LogP contribution >= 0.6 is 11.3 Å². The molecule has 19 heavy (non-hydrogen) atoms. The summed E-state index contributed by atoms with van der Waals surface area (Å²) < 4.78 is 5.13. The molecule has 0 aliphatic carbocycles. The molecule has 0 saturated heterocycles. The number of thiophene rings is 1. The molecule has 1 heterocycles. The van der Waals surface area contributed by atoms with Crippen molar-refractivity contribution in [3.63, 3.8) is 0 Å². The van der Waals surface area contributed by atoms with Crippen molar-refractivity contribution >= 4 is 17.2 Å². The molecular weight excluding hydrogens is 260 g/mol. The van der Waals surface area contributed by atoms with Crippen molar-refractivity contribution in [2.24, 2.45) is 11.1 Å². The molecular formula is C14H24N2O2S. The highest BCUT2D eigenvalue weighted by atomic mass is 32.1. The van der Waals surface area contributed by atoms with Crippen LogP contribution in [0.2, 0.25) is 0 Å². The predicted octanol–water partition coefficient (Wildman–Crippen LogP) is 2.59. The van der Waals surface area contributed by atoms with Crippen LogP contribution in [0.3, 0.4) is 0 Å². The summed E-state index contributed by atoms with van der Waals surface area (Å²) in [7, 11) is 1.61. The SMILES string of the molecule is CCCN(CC(C)(C)CN)C(=O)c1cc(OC)cs1. The lowest BCUT2D eigenvalue weighted by molar-refractivity contribution is 0.0694. The van der Waals surface area contributed by atoms with Gasteiger partial charge >= 0.3 is 0 Å². The maximum atomic E-state index is 12.5. The molecule has 0 spiro atoms. The van der Waals surface area contributed by atoms with Crippen LogP contribution in [0.25, 0.3) is 0 Å². The van der Waals surface area contributed by atoms with Crippen LogP contribution in [0, 0.1) is 5.41 Å². The third kappa shape index (κ3) is 4.51. The monoisotopic (exact) mass is 284 g/mol. The molecule has 1 amide bonds. The Labute approximate surface area is 119 Å². The standard InChI is InChI=1S/C14H24N2O2S/c1-5-6-16(10-14(2,3)9-15)13(17)12-7-11(18-4)8-19-12/h7-8H,5-6,9-10,15H2,1-4H3. The van der Waals surface area contributed by atoms with E-state index >= 15 is 0 Å². The Morgan fingerprint density at radius 3 is 2.68 bits per heavy atom. The molecule has 0 fully saturated rings. The van der Waals surface area contributed by atoms with E-state index in [1.807, 2.05) is 10.3 Å². The van der Waals surface area contributed by atoms with Gasteiger partial charge in [-0.2, -0.15) is 0 Å². The number of carbonyl (C=O) groups is 1. The Balaban J connectivity index is 2.83. The minimum absolute atomic E-state index is 0.0633. The normalized spacial score (nSPS) is 11.4. The number of rotatable bonds is 7. The lowest BCUT2D eigenvalue weighted by Crippen LogP contribution is -2.42. The zero-order valence-electron chi connectivity index (χ0n) is 12.2. The minimum atomic E-state index is -0.0633. The Morgan fingerprint density at radius 2 is 2.21 bits per heavy atom. The Morgan fingerprint density at radius 1 is 1.53 bits per heavy atom. The molecule has 2 N–H and O–H groups in total. The smallest absolute Gasteiger partial charge is 0.264 e. The van der Waals surface area contributed by atoms with E-state index in [1.165, 1.54) is 11.3 Å². The van der Waals surface area contributed by atoms with E-state index in [-0.39, 0.29) is 11.3 Å². The van der Waals surface area contributed by atoms with Crippen LogP contribution in [0.15, 0.2) is 11.4 Å². The molecule has 0 saturated carbocycles. The number of nitrogens with zero attached hydrogens (tertiary/aromatic N) is 1. The summed E-state index contributed by atoms with van der Waals surface area (Å²) in [4.78, 5) is 15.1. The van der Waals surface area contributed by atoms with Gasteiger partial charge in [-0.25, -0.2) is 0 Å². The summed E-state index contributed by atoms with van der Waals surface area (Å²) >= 11 is 1.42. The van der Waals surface area contributed by atoms with Crippen molar-refractivity contribution in [1.29, 1.82) is 0 Å². The summed E-state index contributed by atoms with van der Waals surface area (Å²) in [5, 5.41) is 1.85. The zero-order chi connectivity index (χ0) is 14.5. The number of hydrogen-bond donors (Lipinski definition) is 1. The molecule has 5 heteroatoms. The average Bonchev–Trinajstić information content (AvgIpc) is 2.86. The second-order valence-electron chi connectivity index (χ2n) is 5.45. The van der Waals surface area contributed by atoms with Crippen molar-refractivity contribution in [3.05, 3.63) is 16.3 Å². The largest absolute Gasteiger partial charge is 0.496 e. The quantitative estimate of drug-likeness (QED) is 0.837. The van der Waals surface area contributed by atoms with Crippen molar-refractivity contribution in [1.82, 2.24) is 4.90 Å². The molecule has 0 unspecified atom stereocenters. The van der Waals surface area contributed by atoms with Gasteiger partial charge in [0.05, 0.1) is 12.0 Å². The summed E-state index contributed by atoms with van der Waals surface area (Å²) in [5.74, 6) is 0.805. The number of carbonyl (C=O) groups excluding carboxylic acids is 1. The van der Waals surface area contributed by atoms with E-state index < -0.39 is 0 Å². The van der Waals surface area contributed by atoms with Crippen LogP contribution in [0.4, 0.5) is 0 Å². The Kier molecular flexibility index (Phi) is 5.82. The van der Waals surface area contributed by atoms with Crippen molar-refractivity contribution < 1.29 is 9.53 Å². The second-order valence-corrected chi connectivity index (χ2v) is 6.36. The van der Waals surface area contributed by atoms with E-state index in [0.29, 0.717) is 13.1 Å². The molecule has 0 aliphatic heterocycles. The van der Waals surface area contributed by atoms with Gasteiger partial charge in [-0.15, -0.1) is 11.3 Å². The lowest BCUT2D eigenvalue weighted by Gasteiger charge is -2.31. The fraction of sp³-hybridized carbons (Fsp3) is 0.643. The van der Waals surface area contributed by atoms with E-state index in [0.717, 1.165) is 23.6 Å². The highest BCUT2D eigenvalue weighted by molar-refractivity contribution is 7.12. The first kappa shape index (κ1) is 16.0. The molecule has 108 valence electrons. The van der Waals surface area contributed by atoms with Crippen LogP contribution in [0.5, 0.6) is 5.75 Å². The summed E-state index contributed by atoms with van der Waals surface area (Å²) in [6, 6.07) is 1.80. The fourth-order valence-corrected chi connectivity index (χ4v) is 2.62. The average molecular weight is 284 g/mol. The predicted molar refractivity (Wildman–Crippen MR) is 79.9 cm³/mol. The Hall–Kier alpha value is -1.07. The van der Waals surface area contributed by atoms with E-state index in [4.69, 9.17) is 10.5 Å². The number of nitrogens with two attached hydrogens (primary N) is 1. The molecule has 0 bridgehead atoms. The van der Waals surface area contributed by atoms with E-state index in [9.17, 15) is 4.79 Å². The van der Waals surface area contributed by atoms with Gasteiger partial charge in [-0.1, -0.05) is 20.8 Å². The molecule has 1 rings (SSSR count). The third-order valence-electron chi connectivity index (χ3n) is 2.97. The van der Waals surface area contributed by atoms with Gasteiger partial charge in [0, 0.05) is 24.5 Å². The van der Waals surface area contributed by atoms with Crippen molar-refractivity contribution in [3.8, 4) is 5.75 Å². The number of ether oxygens (including phenoxy) is 1. The highest BCUT2D eigenvalue weighted by Gasteiger charge is 2.25. The molecule has 0 radical (unpaired) electrons. The maximum Gasteiger partial charge on any atom is 0.264 e. The first-order valence-electron chi connectivity index (χ1n) is 6.55. The first-order chi connectivity index (χ1) is 8.93. The molecule has 1 aromatic rings. The molecule has 4 nitrogen and oxygen atoms in total.